The van der Waals surface area contributed by atoms with Gasteiger partial charge in [-0.1, -0.05) is 0 Å². The minimum atomic E-state index is -3.74. The van der Waals surface area contributed by atoms with Gasteiger partial charge in [-0.05, 0) is 41.1 Å². The van der Waals surface area contributed by atoms with E-state index in [-0.39, 0.29) is 16.0 Å². The molecule has 0 bridgehead atoms. The lowest BCUT2D eigenvalue weighted by molar-refractivity contribution is 0.214. The van der Waals surface area contributed by atoms with Gasteiger partial charge in [-0.15, -0.1) is 0 Å². The normalized spacial score (nSPS) is 14.0. The Kier molecular flexibility index (Phi) is 4.65. The summed E-state index contributed by atoms with van der Waals surface area (Å²) in [6, 6.07) is 2.81. The van der Waals surface area contributed by atoms with Crippen LogP contribution in [-0.2, 0) is 10.0 Å². The molecule has 0 aliphatic carbocycles. The molecule has 1 aromatic rings. The summed E-state index contributed by atoms with van der Waals surface area (Å²) in [4.78, 5) is -0.0262. The van der Waals surface area contributed by atoms with Crippen molar-refractivity contribution in [2.24, 2.45) is 0 Å². The summed E-state index contributed by atoms with van der Waals surface area (Å²) in [5.74, 6) is -0.520. The summed E-state index contributed by atoms with van der Waals surface area (Å²) in [5, 5.41) is 8.95. The second-order valence-corrected chi connectivity index (χ2v) is 6.45. The number of rotatable bonds is 4. The fourth-order valence-electron chi connectivity index (χ4n) is 1.19. The van der Waals surface area contributed by atoms with Gasteiger partial charge in [0.05, 0.1) is 11.5 Å². The van der Waals surface area contributed by atoms with Gasteiger partial charge >= 0.3 is 0 Å². The molecule has 96 valence electrons. The summed E-state index contributed by atoms with van der Waals surface area (Å²) >= 11 is 3.01. The summed E-state index contributed by atoms with van der Waals surface area (Å²) in [6.45, 7) is 1.30. The largest absolute Gasteiger partial charge is 0.395 e. The van der Waals surface area contributed by atoms with E-state index in [1.165, 1.54) is 13.1 Å². The maximum Gasteiger partial charge on any atom is 0.244 e. The summed E-state index contributed by atoms with van der Waals surface area (Å²) in [5.41, 5.74) is 0. The molecule has 0 amide bonds. The van der Waals surface area contributed by atoms with Gasteiger partial charge in [0.1, 0.15) is 5.82 Å². The third kappa shape index (κ3) is 3.04. The molecule has 4 nitrogen and oxygen atoms in total. The highest BCUT2D eigenvalue weighted by Gasteiger charge is 2.26. The van der Waals surface area contributed by atoms with Gasteiger partial charge in [-0.2, -0.15) is 4.31 Å². The van der Waals surface area contributed by atoms with Gasteiger partial charge in [0, 0.05) is 17.6 Å². The van der Waals surface area contributed by atoms with Crippen LogP contribution in [0.3, 0.4) is 0 Å². The monoisotopic (exact) mass is 325 g/mol. The summed E-state index contributed by atoms with van der Waals surface area (Å²) < 4.78 is 38.3. The van der Waals surface area contributed by atoms with Crippen LogP contribution in [0.2, 0.25) is 0 Å². The lowest BCUT2D eigenvalue weighted by Gasteiger charge is -2.23. The molecule has 0 aromatic heterocycles. The Morgan fingerprint density at radius 3 is 2.59 bits per heavy atom. The zero-order valence-electron chi connectivity index (χ0n) is 9.39. The minimum absolute atomic E-state index is 0.0262. The van der Waals surface area contributed by atoms with Crippen LogP contribution >= 0.6 is 15.9 Å². The van der Waals surface area contributed by atoms with Crippen molar-refractivity contribution in [3.05, 3.63) is 28.5 Å². The highest BCUT2D eigenvalue weighted by molar-refractivity contribution is 9.10. The average Bonchev–Trinajstić information content (AvgIpc) is 2.26. The Morgan fingerprint density at radius 1 is 1.53 bits per heavy atom. The Morgan fingerprint density at radius 2 is 2.12 bits per heavy atom. The van der Waals surface area contributed by atoms with E-state index in [4.69, 9.17) is 5.11 Å². The Balaban J connectivity index is 3.22. The van der Waals surface area contributed by atoms with Crippen LogP contribution in [0.4, 0.5) is 4.39 Å². The second kappa shape index (κ2) is 5.43. The molecule has 1 aromatic carbocycles. The number of likely N-dealkylation sites (N-methyl/N-ethyl adjacent to an activating group) is 1. The van der Waals surface area contributed by atoms with Gasteiger partial charge in [-0.25, -0.2) is 12.8 Å². The van der Waals surface area contributed by atoms with Crippen LogP contribution in [0.1, 0.15) is 6.92 Å². The molecule has 1 unspecified atom stereocenters. The molecule has 0 saturated heterocycles. The number of aliphatic hydroxyl groups excluding tert-OH is 1. The third-order valence-electron chi connectivity index (χ3n) is 2.44. The maximum absolute atomic E-state index is 12.9. The van der Waals surface area contributed by atoms with E-state index in [1.807, 2.05) is 0 Å². The molecular formula is C10H13BrFNO3S. The minimum Gasteiger partial charge on any atom is -0.395 e. The van der Waals surface area contributed by atoms with E-state index in [0.29, 0.717) is 0 Å². The lowest BCUT2D eigenvalue weighted by atomic mass is 10.3. The molecule has 1 atom stereocenters. The van der Waals surface area contributed by atoms with Crippen LogP contribution in [0.15, 0.2) is 27.6 Å². The average molecular weight is 326 g/mol. The number of hydrogen-bond donors (Lipinski definition) is 1. The molecular weight excluding hydrogens is 313 g/mol. The van der Waals surface area contributed by atoms with E-state index in [2.05, 4.69) is 15.9 Å². The first kappa shape index (κ1) is 14.6. The van der Waals surface area contributed by atoms with Gasteiger partial charge in [0.2, 0.25) is 10.0 Å². The number of halogens is 2. The molecule has 0 aliphatic rings. The summed E-state index contributed by atoms with van der Waals surface area (Å²) in [7, 11) is -2.37. The second-order valence-electron chi connectivity index (χ2n) is 3.63. The fourth-order valence-corrected chi connectivity index (χ4v) is 3.55. The van der Waals surface area contributed by atoms with E-state index < -0.39 is 21.9 Å². The highest BCUT2D eigenvalue weighted by atomic mass is 79.9. The van der Waals surface area contributed by atoms with Gasteiger partial charge in [0.15, 0.2) is 0 Å². The van der Waals surface area contributed by atoms with Crippen LogP contribution in [0.5, 0.6) is 0 Å². The molecule has 1 rings (SSSR count). The highest BCUT2D eigenvalue weighted by Crippen LogP contribution is 2.26. The summed E-state index contributed by atoms with van der Waals surface area (Å²) in [6.07, 6.45) is 0. The van der Waals surface area contributed by atoms with Crippen molar-refractivity contribution >= 4 is 26.0 Å². The van der Waals surface area contributed by atoms with Crippen LogP contribution in [-0.4, -0.2) is 37.5 Å². The SMILES string of the molecule is CC(CO)N(C)S(=O)(=O)c1ccc(F)cc1Br. The standard InChI is InChI=1S/C10H13BrFNO3S/c1-7(6-14)13(2)17(15,16)10-4-3-8(12)5-9(10)11/h3-5,7,14H,6H2,1-2H3. The molecule has 17 heavy (non-hydrogen) atoms. The molecule has 0 fully saturated rings. The number of sulfonamides is 1. The van der Waals surface area contributed by atoms with E-state index in [9.17, 15) is 12.8 Å². The smallest absolute Gasteiger partial charge is 0.244 e. The number of aliphatic hydroxyl groups is 1. The first-order valence-electron chi connectivity index (χ1n) is 4.84. The molecule has 0 spiro atoms. The zero-order valence-corrected chi connectivity index (χ0v) is 11.8. The lowest BCUT2D eigenvalue weighted by Crippen LogP contribution is -2.37. The van der Waals surface area contributed by atoms with Gasteiger partial charge in [0.25, 0.3) is 0 Å². The van der Waals surface area contributed by atoms with Crippen molar-refractivity contribution < 1.29 is 17.9 Å². The molecule has 7 heteroatoms. The Bertz CT molecular complexity index is 506. The first-order chi connectivity index (χ1) is 7.80. The fraction of sp³-hybridized carbons (Fsp3) is 0.400. The Labute approximate surface area is 108 Å². The topological polar surface area (TPSA) is 57.6 Å². The molecule has 1 N–H and O–H groups in total. The quantitative estimate of drug-likeness (QED) is 0.914. The predicted molar refractivity (Wildman–Crippen MR) is 65.6 cm³/mol. The molecule has 0 radical (unpaired) electrons. The van der Waals surface area contributed by atoms with Crippen molar-refractivity contribution in [1.82, 2.24) is 4.31 Å². The number of nitrogens with zero attached hydrogens (tertiary/aromatic N) is 1. The van der Waals surface area contributed by atoms with Crippen molar-refractivity contribution in [2.45, 2.75) is 17.9 Å². The van der Waals surface area contributed by atoms with Crippen molar-refractivity contribution in [2.75, 3.05) is 13.7 Å². The zero-order chi connectivity index (χ0) is 13.2. The Hall–Kier alpha value is -0.500. The van der Waals surface area contributed by atoms with Gasteiger partial charge in [-0.3, -0.25) is 0 Å². The van der Waals surface area contributed by atoms with Gasteiger partial charge < -0.3 is 5.11 Å². The number of benzene rings is 1. The van der Waals surface area contributed by atoms with E-state index in [0.717, 1.165) is 16.4 Å². The third-order valence-corrected chi connectivity index (χ3v) is 5.38. The van der Waals surface area contributed by atoms with Crippen LogP contribution in [0, 0.1) is 5.82 Å². The van der Waals surface area contributed by atoms with Crippen molar-refractivity contribution in [3.63, 3.8) is 0 Å². The van der Waals surface area contributed by atoms with Crippen LogP contribution < -0.4 is 0 Å². The number of hydrogen-bond acceptors (Lipinski definition) is 3. The van der Waals surface area contributed by atoms with Crippen LogP contribution in [0.25, 0.3) is 0 Å². The maximum atomic E-state index is 12.9. The predicted octanol–water partition coefficient (Wildman–Crippen LogP) is 1.59. The molecule has 0 aliphatic heterocycles. The van der Waals surface area contributed by atoms with Crippen molar-refractivity contribution in [3.8, 4) is 0 Å². The molecule has 0 heterocycles. The van der Waals surface area contributed by atoms with E-state index in [1.54, 1.807) is 6.92 Å². The first-order valence-corrected chi connectivity index (χ1v) is 7.08. The van der Waals surface area contributed by atoms with Crippen molar-refractivity contribution in [1.29, 1.82) is 0 Å². The van der Waals surface area contributed by atoms with E-state index >= 15 is 0 Å². The molecule has 0 saturated carbocycles.